The summed E-state index contributed by atoms with van der Waals surface area (Å²) in [6, 6.07) is 11.4. The van der Waals surface area contributed by atoms with E-state index in [0.29, 0.717) is 31.2 Å². The number of nitrogens with one attached hydrogen (secondary N) is 1. The molecule has 3 rings (SSSR count). The number of pyridine rings is 1. The lowest BCUT2D eigenvalue weighted by Gasteiger charge is -2.15. The summed E-state index contributed by atoms with van der Waals surface area (Å²) in [4.78, 5) is 20.3. The molecule has 2 heterocycles. The minimum absolute atomic E-state index is 0.0599. The van der Waals surface area contributed by atoms with E-state index in [2.05, 4.69) is 20.4 Å². The van der Waals surface area contributed by atoms with Crippen molar-refractivity contribution < 1.29 is 14.1 Å². The molecule has 0 radical (unpaired) electrons. The van der Waals surface area contributed by atoms with Gasteiger partial charge in [-0.05, 0) is 37.6 Å². The van der Waals surface area contributed by atoms with Gasteiger partial charge in [0.2, 0.25) is 11.8 Å². The number of carbonyl (C=O) groups excluding carboxylic acids is 1. The van der Waals surface area contributed by atoms with E-state index in [-0.39, 0.29) is 11.9 Å². The first-order chi connectivity index (χ1) is 13.1. The number of hydrogen-bond acceptors (Lipinski definition) is 6. The second kappa shape index (κ2) is 8.93. The van der Waals surface area contributed by atoms with Crippen LogP contribution in [-0.2, 0) is 17.8 Å². The van der Waals surface area contributed by atoms with Crippen LogP contribution in [-0.4, -0.2) is 21.0 Å². The van der Waals surface area contributed by atoms with E-state index in [4.69, 9.17) is 9.26 Å². The fourth-order valence-corrected chi connectivity index (χ4v) is 2.56. The summed E-state index contributed by atoms with van der Waals surface area (Å²) >= 11 is 0. The molecule has 2 aromatic heterocycles. The number of aromatic nitrogens is 3. The fraction of sp³-hybridized carbons (Fsp3) is 0.300. The quantitative estimate of drug-likeness (QED) is 0.659. The largest absolute Gasteiger partial charge is 0.489 e. The van der Waals surface area contributed by atoms with Crippen molar-refractivity contribution in [1.82, 2.24) is 20.4 Å². The van der Waals surface area contributed by atoms with Crippen molar-refractivity contribution in [2.75, 3.05) is 0 Å². The zero-order valence-corrected chi connectivity index (χ0v) is 15.4. The van der Waals surface area contributed by atoms with Gasteiger partial charge < -0.3 is 14.6 Å². The minimum atomic E-state index is -0.103. The van der Waals surface area contributed by atoms with Gasteiger partial charge in [0, 0.05) is 30.8 Å². The standard InChI is InChI=1S/C20H22N4O3/c1-14(22-19(25)9-10-20-23-15(2)24-27-20)17-5-7-18(8-6-17)26-13-16-4-3-11-21-12-16/h3-8,11-12,14H,9-10,13H2,1-2H3,(H,22,25). The van der Waals surface area contributed by atoms with E-state index in [9.17, 15) is 4.79 Å². The van der Waals surface area contributed by atoms with E-state index < -0.39 is 0 Å². The molecule has 0 spiro atoms. The van der Waals surface area contributed by atoms with Crippen molar-refractivity contribution in [1.29, 1.82) is 0 Å². The lowest BCUT2D eigenvalue weighted by Crippen LogP contribution is -2.26. The zero-order chi connectivity index (χ0) is 19.1. The van der Waals surface area contributed by atoms with Crippen LogP contribution in [0.5, 0.6) is 5.75 Å². The highest BCUT2D eigenvalue weighted by molar-refractivity contribution is 5.76. The molecule has 7 heteroatoms. The first-order valence-electron chi connectivity index (χ1n) is 8.80. The molecule has 1 amide bonds. The molecule has 140 valence electrons. The Bertz CT molecular complexity index is 862. The summed E-state index contributed by atoms with van der Waals surface area (Å²) in [5.41, 5.74) is 2.02. The molecule has 27 heavy (non-hydrogen) atoms. The van der Waals surface area contributed by atoms with Crippen LogP contribution in [0.4, 0.5) is 0 Å². The van der Waals surface area contributed by atoms with E-state index in [1.165, 1.54) is 0 Å². The Hall–Kier alpha value is -3.22. The van der Waals surface area contributed by atoms with Gasteiger partial charge in [-0.2, -0.15) is 4.98 Å². The summed E-state index contributed by atoms with van der Waals surface area (Å²) < 4.78 is 10.8. The van der Waals surface area contributed by atoms with Crippen LogP contribution in [0.1, 0.15) is 42.2 Å². The molecule has 1 N–H and O–H groups in total. The molecule has 0 saturated carbocycles. The fourth-order valence-electron chi connectivity index (χ4n) is 2.56. The summed E-state index contributed by atoms with van der Waals surface area (Å²) in [5.74, 6) is 1.76. The van der Waals surface area contributed by atoms with Crippen LogP contribution in [0.3, 0.4) is 0 Å². The molecule has 1 unspecified atom stereocenters. The first-order valence-corrected chi connectivity index (χ1v) is 8.80. The maximum atomic E-state index is 12.1. The lowest BCUT2D eigenvalue weighted by atomic mass is 10.1. The van der Waals surface area contributed by atoms with Crippen molar-refractivity contribution >= 4 is 5.91 Å². The highest BCUT2D eigenvalue weighted by atomic mass is 16.5. The number of rotatable bonds is 8. The third-order valence-electron chi connectivity index (χ3n) is 4.02. The monoisotopic (exact) mass is 366 g/mol. The van der Waals surface area contributed by atoms with Crippen molar-refractivity contribution in [3.63, 3.8) is 0 Å². The van der Waals surface area contributed by atoms with Crippen molar-refractivity contribution in [2.45, 2.75) is 39.3 Å². The molecule has 0 bridgehead atoms. The van der Waals surface area contributed by atoms with Crippen molar-refractivity contribution in [2.24, 2.45) is 0 Å². The lowest BCUT2D eigenvalue weighted by molar-refractivity contribution is -0.121. The predicted octanol–water partition coefficient (Wildman–Crippen LogP) is 3.16. The number of aryl methyl sites for hydroxylation is 2. The summed E-state index contributed by atoms with van der Waals surface area (Å²) in [5, 5.41) is 6.69. The third kappa shape index (κ3) is 5.64. The van der Waals surface area contributed by atoms with Crippen LogP contribution < -0.4 is 10.1 Å². The molecule has 1 aromatic carbocycles. The Labute approximate surface area is 157 Å². The summed E-state index contributed by atoms with van der Waals surface area (Å²) in [6.45, 7) is 4.16. The van der Waals surface area contributed by atoms with Crippen molar-refractivity contribution in [3.8, 4) is 5.75 Å². The second-order valence-corrected chi connectivity index (χ2v) is 6.24. The second-order valence-electron chi connectivity index (χ2n) is 6.24. The Kier molecular flexibility index (Phi) is 6.14. The van der Waals surface area contributed by atoms with Gasteiger partial charge in [-0.3, -0.25) is 9.78 Å². The van der Waals surface area contributed by atoms with Crippen LogP contribution in [0.25, 0.3) is 0 Å². The SMILES string of the molecule is Cc1noc(CCC(=O)NC(C)c2ccc(OCc3cccnc3)cc2)n1. The smallest absolute Gasteiger partial charge is 0.227 e. The average molecular weight is 366 g/mol. The van der Waals surface area contributed by atoms with Gasteiger partial charge in [-0.15, -0.1) is 0 Å². The average Bonchev–Trinajstić information content (AvgIpc) is 3.11. The van der Waals surface area contributed by atoms with E-state index in [0.717, 1.165) is 16.9 Å². The van der Waals surface area contributed by atoms with E-state index in [1.807, 2.05) is 43.3 Å². The molecule has 0 aliphatic carbocycles. The van der Waals surface area contributed by atoms with Gasteiger partial charge in [0.25, 0.3) is 0 Å². The van der Waals surface area contributed by atoms with Gasteiger partial charge in [0.1, 0.15) is 12.4 Å². The molecule has 3 aromatic rings. The maximum Gasteiger partial charge on any atom is 0.227 e. The molecule has 1 atom stereocenters. The van der Waals surface area contributed by atoms with E-state index in [1.54, 1.807) is 19.3 Å². The third-order valence-corrected chi connectivity index (χ3v) is 4.02. The van der Waals surface area contributed by atoms with Gasteiger partial charge in [0.05, 0.1) is 6.04 Å². The highest BCUT2D eigenvalue weighted by Gasteiger charge is 2.12. The van der Waals surface area contributed by atoms with Crippen LogP contribution >= 0.6 is 0 Å². The minimum Gasteiger partial charge on any atom is -0.489 e. The van der Waals surface area contributed by atoms with Crippen LogP contribution in [0.15, 0.2) is 53.3 Å². The zero-order valence-electron chi connectivity index (χ0n) is 15.4. The predicted molar refractivity (Wildman–Crippen MR) is 98.9 cm³/mol. The van der Waals surface area contributed by atoms with E-state index >= 15 is 0 Å². The number of nitrogens with zero attached hydrogens (tertiary/aromatic N) is 3. The van der Waals surface area contributed by atoms with Gasteiger partial charge >= 0.3 is 0 Å². The summed E-state index contributed by atoms with van der Waals surface area (Å²) in [7, 11) is 0. The maximum absolute atomic E-state index is 12.1. The van der Waals surface area contributed by atoms with Crippen molar-refractivity contribution in [3.05, 3.63) is 71.6 Å². The number of benzene rings is 1. The molecule has 0 fully saturated rings. The Morgan fingerprint density at radius 3 is 2.74 bits per heavy atom. The number of ether oxygens (including phenoxy) is 1. The van der Waals surface area contributed by atoms with Gasteiger partial charge in [-0.1, -0.05) is 23.4 Å². The van der Waals surface area contributed by atoms with Gasteiger partial charge in [0.15, 0.2) is 5.82 Å². The normalized spacial score (nSPS) is 11.8. The highest BCUT2D eigenvalue weighted by Crippen LogP contribution is 2.18. The molecule has 0 saturated heterocycles. The van der Waals surface area contributed by atoms with Gasteiger partial charge in [-0.25, -0.2) is 0 Å². The molecular weight excluding hydrogens is 344 g/mol. The topological polar surface area (TPSA) is 90.1 Å². The molecule has 0 aliphatic heterocycles. The Morgan fingerprint density at radius 2 is 2.07 bits per heavy atom. The Morgan fingerprint density at radius 1 is 1.26 bits per heavy atom. The first kappa shape index (κ1) is 18.6. The van der Waals surface area contributed by atoms with Crippen LogP contribution in [0.2, 0.25) is 0 Å². The number of carbonyl (C=O) groups is 1. The van der Waals surface area contributed by atoms with Crippen LogP contribution in [0, 0.1) is 6.92 Å². The molecular formula is C20H22N4O3. The summed E-state index contributed by atoms with van der Waals surface area (Å²) in [6.07, 6.45) is 4.25. The molecule has 7 nitrogen and oxygen atoms in total. The Balaban J connectivity index is 1.46. The number of amides is 1. The number of hydrogen-bond donors (Lipinski definition) is 1. The molecule has 0 aliphatic rings.